The summed E-state index contributed by atoms with van der Waals surface area (Å²) in [6, 6.07) is 16.9. The van der Waals surface area contributed by atoms with Crippen LogP contribution in [0.2, 0.25) is 0 Å². The fourth-order valence-corrected chi connectivity index (χ4v) is 3.57. The highest BCUT2D eigenvalue weighted by Crippen LogP contribution is 2.29. The van der Waals surface area contributed by atoms with Crippen molar-refractivity contribution in [3.63, 3.8) is 0 Å². The summed E-state index contributed by atoms with van der Waals surface area (Å²) in [5.41, 5.74) is 1.30. The molecule has 3 aromatic rings. The number of amidine groups is 1. The van der Waals surface area contributed by atoms with Crippen LogP contribution in [0.4, 0.5) is 18.9 Å². The molecule has 1 aliphatic heterocycles. The molecule has 2 heterocycles. The van der Waals surface area contributed by atoms with Crippen molar-refractivity contribution in [3.05, 3.63) is 60.3 Å². The number of para-hydroxylation sites is 1. The fraction of sp³-hybridized carbons (Fsp3) is 0.200. The minimum Gasteiger partial charge on any atom is -0.341 e. The highest BCUT2D eigenvalue weighted by Gasteiger charge is 2.39. The summed E-state index contributed by atoms with van der Waals surface area (Å²) in [7, 11) is 1.87. The normalized spacial score (nSPS) is 15.0. The number of rotatable bonds is 3. The molecule has 0 saturated heterocycles. The molecule has 4 rings (SSSR count). The maximum atomic E-state index is 13.3. The number of anilines is 1. The molecule has 0 unspecified atom stereocenters. The van der Waals surface area contributed by atoms with E-state index in [1.807, 2.05) is 60.3 Å². The quantitative estimate of drug-likeness (QED) is 0.572. The first-order valence-corrected chi connectivity index (χ1v) is 9.79. The predicted molar refractivity (Wildman–Crippen MR) is 109 cm³/mol. The van der Waals surface area contributed by atoms with Crippen LogP contribution in [0.1, 0.15) is 5.69 Å². The first kappa shape index (κ1) is 18.6. The van der Waals surface area contributed by atoms with Gasteiger partial charge in [0.25, 0.3) is 0 Å². The zero-order chi connectivity index (χ0) is 19.9. The summed E-state index contributed by atoms with van der Waals surface area (Å²) >= 11 is 1.56. The fourth-order valence-electron chi connectivity index (χ4n) is 3.16. The van der Waals surface area contributed by atoms with Gasteiger partial charge in [0, 0.05) is 22.8 Å². The van der Waals surface area contributed by atoms with Gasteiger partial charge >= 0.3 is 6.18 Å². The summed E-state index contributed by atoms with van der Waals surface area (Å²) in [6.45, 7) is -0.500. The summed E-state index contributed by atoms with van der Waals surface area (Å²) in [5, 5.41) is 6.20. The Hall–Kier alpha value is -2.74. The Bertz CT molecular complexity index is 1080. The third-order valence-corrected chi connectivity index (χ3v) is 5.37. The van der Waals surface area contributed by atoms with Crippen molar-refractivity contribution in [2.24, 2.45) is 17.1 Å². The molecule has 0 radical (unpaired) electrons. The average Bonchev–Trinajstić information content (AvgIpc) is 3.04. The van der Waals surface area contributed by atoms with Gasteiger partial charge in [0.05, 0.1) is 17.9 Å². The molecule has 0 N–H and O–H groups in total. The molecular formula is C20H17F3N4S. The SMILES string of the molecule is CSc1ccc(N2N=C(C(F)(F)F)CN=C2c2cc3ccccc3n2C)cc1. The molecule has 0 fully saturated rings. The van der Waals surface area contributed by atoms with Gasteiger partial charge in [-0.05, 0) is 42.7 Å². The molecule has 1 aromatic heterocycles. The second kappa shape index (κ2) is 7.01. The van der Waals surface area contributed by atoms with E-state index < -0.39 is 18.4 Å². The van der Waals surface area contributed by atoms with Gasteiger partial charge in [-0.25, -0.2) is 5.01 Å². The molecule has 0 atom stereocenters. The molecule has 144 valence electrons. The summed E-state index contributed by atoms with van der Waals surface area (Å²) in [6.07, 6.45) is -2.58. The van der Waals surface area contributed by atoms with E-state index in [-0.39, 0.29) is 0 Å². The average molecular weight is 402 g/mol. The van der Waals surface area contributed by atoms with E-state index in [9.17, 15) is 13.2 Å². The highest BCUT2D eigenvalue weighted by atomic mass is 32.2. The molecule has 2 aromatic carbocycles. The number of aliphatic imine (C=N–C) groups is 1. The van der Waals surface area contributed by atoms with Crippen molar-refractivity contribution in [3.8, 4) is 0 Å². The van der Waals surface area contributed by atoms with E-state index in [1.165, 1.54) is 5.01 Å². The number of thioether (sulfide) groups is 1. The van der Waals surface area contributed by atoms with E-state index in [2.05, 4.69) is 10.1 Å². The number of benzene rings is 2. The van der Waals surface area contributed by atoms with Crippen LogP contribution < -0.4 is 5.01 Å². The Kier molecular flexibility index (Phi) is 4.66. The number of hydrazone groups is 1. The molecule has 0 bridgehead atoms. The van der Waals surface area contributed by atoms with Gasteiger partial charge in [0.1, 0.15) is 0 Å². The van der Waals surface area contributed by atoms with Crippen LogP contribution in [0.15, 0.2) is 69.6 Å². The van der Waals surface area contributed by atoms with E-state index in [0.29, 0.717) is 17.2 Å². The van der Waals surface area contributed by atoms with Crippen LogP contribution in [0, 0.1) is 0 Å². The lowest BCUT2D eigenvalue weighted by molar-refractivity contribution is -0.0599. The maximum Gasteiger partial charge on any atom is 0.433 e. The van der Waals surface area contributed by atoms with Gasteiger partial charge in [-0.15, -0.1) is 11.8 Å². The number of aryl methyl sites for hydroxylation is 1. The van der Waals surface area contributed by atoms with Gasteiger partial charge in [-0.3, -0.25) is 4.99 Å². The van der Waals surface area contributed by atoms with Crippen LogP contribution >= 0.6 is 11.8 Å². The zero-order valence-electron chi connectivity index (χ0n) is 15.2. The summed E-state index contributed by atoms with van der Waals surface area (Å²) < 4.78 is 41.8. The molecule has 0 saturated carbocycles. The first-order chi connectivity index (χ1) is 13.4. The number of aromatic nitrogens is 1. The van der Waals surface area contributed by atoms with Crippen LogP contribution in [-0.4, -0.2) is 35.1 Å². The third-order valence-electron chi connectivity index (χ3n) is 4.62. The van der Waals surface area contributed by atoms with Gasteiger partial charge < -0.3 is 4.57 Å². The lowest BCUT2D eigenvalue weighted by Crippen LogP contribution is -2.39. The largest absolute Gasteiger partial charge is 0.433 e. The van der Waals surface area contributed by atoms with Crippen molar-refractivity contribution in [1.29, 1.82) is 0 Å². The van der Waals surface area contributed by atoms with Crippen LogP contribution in [0.5, 0.6) is 0 Å². The van der Waals surface area contributed by atoms with Gasteiger partial charge in [-0.1, -0.05) is 18.2 Å². The van der Waals surface area contributed by atoms with Gasteiger partial charge in [0.15, 0.2) is 11.5 Å². The van der Waals surface area contributed by atoms with Crippen molar-refractivity contribution < 1.29 is 13.2 Å². The molecule has 8 heteroatoms. The Labute approximate surface area is 164 Å². The first-order valence-electron chi connectivity index (χ1n) is 8.56. The van der Waals surface area contributed by atoms with Gasteiger partial charge in [0.2, 0.25) is 0 Å². The lowest BCUT2D eigenvalue weighted by Gasteiger charge is -2.27. The Morgan fingerprint density at radius 2 is 1.75 bits per heavy atom. The minimum absolute atomic E-state index is 0.392. The number of hydrogen-bond donors (Lipinski definition) is 0. The Morgan fingerprint density at radius 3 is 2.39 bits per heavy atom. The zero-order valence-corrected chi connectivity index (χ0v) is 16.1. The van der Waals surface area contributed by atoms with Crippen LogP contribution in [0.3, 0.4) is 0 Å². The standard InChI is InChI=1S/C20H17F3N4S/c1-26-16-6-4-3-5-13(16)11-17(26)19-24-12-18(20(21,22)23)25-27(19)14-7-9-15(28-2)10-8-14/h3-11H,12H2,1-2H3. The Balaban J connectivity index is 1.84. The van der Waals surface area contributed by atoms with Crippen molar-refractivity contribution >= 4 is 39.9 Å². The Morgan fingerprint density at radius 1 is 1.04 bits per heavy atom. The third kappa shape index (κ3) is 3.28. The molecule has 4 nitrogen and oxygen atoms in total. The van der Waals surface area contributed by atoms with Crippen molar-refractivity contribution in [2.45, 2.75) is 11.1 Å². The minimum atomic E-state index is -4.52. The molecular weight excluding hydrogens is 385 g/mol. The number of halogens is 3. The highest BCUT2D eigenvalue weighted by molar-refractivity contribution is 7.98. The number of hydrogen-bond acceptors (Lipinski definition) is 4. The number of nitrogens with zero attached hydrogens (tertiary/aromatic N) is 4. The second-order valence-electron chi connectivity index (χ2n) is 6.34. The summed E-state index contributed by atoms with van der Waals surface area (Å²) in [4.78, 5) is 5.29. The monoisotopic (exact) mass is 402 g/mol. The van der Waals surface area contributed by atoms with Crippen LogP contribution in [0.25, 0.3) is 10.9 Å². The summed E-state index contributed by atoms with van der Waals surface area (Å²) in [5.74, 6) is 0.392. The molecule has 0 spiro atoms. The lowest BCUT2D eigenvalue weighted by atomic mass is 10.2. The number of alkyl halides is 3. The molecule has 1 aliphatic rings. The van der Waals surface area contributed by atoms with Crippen LogP contribution in [-0.2, 0) is 7.05 Å². The van der Waals surface area contributed by atoms with E-state index >= 15 is 0 Å². The van der Waals surface area contributed by atoms with E-state index in [1.54, 1.807) is 23.9 Å². The van der Waals surface area contributed by atoms with Crippen molar-refractivity contribution in [1.82, 2.24) is 4.57 Å². The van der Waals surface area contributed by atoms with Gasteiger partial charge in [-0.2, -0.15) is 18.3 Å². The van der Waals surface area contributed by atoms with E-state index in [0.717, 1.165) is 15.8 Å². The maximum absolute atomic E-state index is 13.3. The second-order valence-corrected chi connectivity index (χ2v) is 7.22. The van der Waals surface area contributed by atoms with Crippen molar-refractivity contribution in [2.75, 3.05) is 17.8 Å². The smallest absolute Gasteiger partial charge is 0.341 e. The molecule has 0 aliphatic carbocycles. The molecule has 28 heavy (non-hydrogen) atoms. The number of fused-ring (bicyclic) bond motifs is 1. The predicted octanol–water partition coefficient (Wildman–Crippen LogP) is 5.09. The van der Waals surface area contributed by atoms with E-state index in [4.69, 9.17) is 0 Å². The molecule has 0 amide bonds. The topological polar surface area (TPSA) is 32.9 Å².